The lowest BCUT2D eigenvalue weighted by Crippen LogP contribution is -2.59. The largest absolute Gasteiger partial charge is 0.504 e. The number of amides is 1. The van der Waals surface area contributed by atoms with E-state index in [-0.39, 0.29) is 49.4 Å². The van der Waals surface area contributed by atoms with E-state index < -0.39 is 11.5 Å². The number of hydrogen-bond donors (Lipinski definition) is 4. The lowest BCUT2D eigenvalue weighted by Gasteiger charge is -2.29. The van der Waals surface area contributed by atoms with Crippen molar-refractivity contribution in [3.63, 3.8) is 0 Å². The van der Waals surface area contributed by atoms with E-state index in [1.807, 2.05) is 12.2 Å². The van der Waals surface area contributed by atoms with Crippen LogP contribution < -0.4 is 10.9 Å². The van der Waals surface area contributed by atoms with Gasteiger partial charge < -0.3 is 19.7 Å². The fourth-order valence-corrected chi connectivity index (χ4v) is 4.77. The fraction of sp³-hybridized carbons (Fsp3) is 0.500. The highest BCUT2D eigenvalue weighted by Crippen LogP contribution is 2.27. The highest BCUT2D eigenvalue weighted by atomic mass is 16.6. The number of carbonyl (C=O) groups is 3. The van der Waals surface area contributed by atoms with Crippen LogP contribution in [0.2, 0.25) is 0 Å². The van der Waals surface area contributed by atoms with E-state index in [4.69, 9.17) is 9.47 Å². The first kappa shape index (κ1) is 44.7. The van der Waals surface area contributed by atoms with Crippen LogP contribution in [-0.4, -0.2) is 46.8 Å². The Hall–Kier alpha value is -4.37. The molecule has 282 valence electrons. The van der Waals surface area contributed by atoms with E-state index >= 15 is 0 Å². The number of esters is 2. The normalized spacial score (nSPS) is 13.3. The van der Waals surface area contributed by atoms with Crippen molar-refractivity contribution >= 4 is 17.8 Å². The Kier molecular flexibility index (Phi) is 25.7. The second-order valence-corrected chi connectivity index (χ2v) is 12.5. The molecule has 0 aromatic heterocycles. The van der Waals surface area contributed by atoms with Crippen LogP contribution in [0.3, 0.4) is 0 Å². The first-order chi connectivity index (χ1) is 24.7. The number of carbonyl (C=O) groups excluding carboxylic acids is 3. The van der Waals surface area contributed by atoms with Crippen LogP contribution in [-0.2, 0) is 30.3 Å². The van der Waals surface area contributed by atoms with Crippen LogP contribution in [0.5, 0.6) is 11.5 Å². The quantitative estimate of drug-likeness (QED) is 0.0223. The molecule has 1 aromatic carbocycles. The summed E-state index contributed by atoms with van der Waals surface area (Å²) in [5.41, 5.74) is 4.52. The minimum Gasteiger partial charge on any atom is -0.504 e. The van der Waals surface area contributed by atoms with Crippen LogP contribution >= 0.6 is 0 Å². The highest BCUT2D eigenvalue weighted by Gasteiger charge is 2.36. The van der Waals surface area contributed by atoms with Crippen LogP contribution in [0.15, 0.2) is 91.1 Å². The third-order valence-corrected chi connectivity index (χ3v) is 7.72. The zero-order valence-electron chi connectivity index (χ0n) is 31.1. The maximum absolute atomic E-state index is 13.2. The molecule has 0 aliphatic carbocycles. The number of phenolic OH excluding ortho intramolecular Hbond substituents is 2. The molecule has 0 saturated heterocycles. The molecule has 0 spiro atoms. The number of hydrogen-bond acceptors (Lipinski definition) is 8. The van der Waals surface area contributed by atoms with Gasteiger partial charge in [0.15, 0.2) is 11.5 Å². The van der Waals surface area contributed by atoms with Crippen LogP contribution in [0.4, 0.5) is 0 Å². The lowest BCUT2D eigenvalue weighted by molar-refractivity contribution is -0.157. The van der Waals surface area contributed by atoms with Gasteiger partial charge in [0.05, 0.1) is 0 Å². The van der Waals surface area contributed by atoms with Crippen LogP contribution in [0, 0.1) is 0 Å². The number of aromatic hydroxyl groups is 2. The predicted molar refractivity (Wildman–Crippen MR) is 206 cm³/mol. The maximum Gasteiger partial charge on any atom is 0.328 e. The van der Waals surface area contributed by atoms with Crippen molar-refractivity contribution in [1.29, 1.82) is 0 Å². The minimum atomic E-state index is -1.42. The summed E-state index contributed by atoms with van der Waals surface area (Å²) in [7, 11) is 0. The zero-order chi connectivity index (χ0) is 37.4. The van der Waals surface area contributed by atoms with Crippen LogP contribution in [0.25, 0.3) is 0 Å². The molecular weight excluding hydrogens is 644 g/mol. The van der Waals surface area contributed by atoms with Crippen molar-refractivity contribution in [2.24, 2.45) is 0 Å². The number of ether oxygens (including phenoxy) is 2. The highest BCUT2D eigenvalue weighted by molar-refractivity contribution is 5.82. The average molecular weight is 707 g/mol. The Morgan fingerprint density at radius 3 is 1.80 bits per heavy atom. The molecule has 0 aliphatic rings. The molecule has 0 saturated carbocycles. The van der Waals surface area contributed by atoms with Gasteiger partial charge in [0.2, 0.25) is 5.91 Å². The van der Waals surface area contributed by atoms with Crippen LogP contribution in [0.1, 0.15) is 116 Å². The zero-order valence-corrected chi connectivity index (χ0v) is 31.1. The molecule has 4 N–H and O–H groups in total. The summed E-state index contributed by atoms with van der Waals surface area (Å²) < 4.78 is 10.6. The molecule has 1 amide bonds. The molecule has 51 heavy (non-hydrogen) atoms. The fourth-order valence-electron chi connectivity index (χ4n) is 4.77. The summed E-state index contributed by atoms with van der Waals surface area (Å²) in [6, 6.07) is 4.23. The summed E-state index contributed by atoms with van der Waals surface area (Å²) in [5, 5.41) is 19.6. The Morgan fingerprint density at radius 1 is 0.686 bits per heavy atom. The predicted octanol–water partition coefficient (Wildman–Crippen LogP) is 8.94. The standard InChI is InChI=1S/C42H62N2O7/c1-4-6-8-10-11-12-13-14-15-16-17-18-19-20-21-22-23-25-26-28-39(47)43-44-42(3,35-36-30-31-37(45)38(46)34-36)41(49)51-33-32-50-40(48)29-27-24-9-7-5-2/h6,8,11-12,14-15,17-18,20-21,23,25,30-31,34,44-46H,4-5,7,9-10,13,16,19,22,24,26-29,32-33,35H2,1-3H3,(H,43,47)/b8-6-,12-11-,15-14-,18-17-,21-20-,25-23-. The Labute approximate surface area is 306 Å². The number of hydrazine groups is 1. The molecule has 1 rings (SSSR count). The number of phenols is 2. The van der Waals surface area contributed by atoms with Gasteiger partial charge in [0, 0.05) is 19.3 Å². The molecule has 9 nitrogen and oxygen atoms in total. The van der Waals surface area contributed by atoms with Crippen molar-refractivity contribution in [3.8, 4) is 11.5 Å². The summed E-state index contributed by atoms with van der Waals surface area (Å²) in [4.78, 5) is 37.8. The van der Waals surface area contributed by atoms with E-state index in [1.54, 1.807) is 13.0 Å². The van der Waals surface area contributed by atoms with Gasteiger partial charge in [-0.3, -0.25) is 15.0 Å². The van der Waals surface area contributed by atoms with Crippen molar-refractivity contribution in [2.45, 2.75) is 123 Å². The first-order valence-corrected chi connectivity index (χ1v) is 18.5. The second-order valence-electron chi connectivity index (χ2n) is 12.5. The third-order valence-electron chi connectivity index (χ3n) is 7.72. The Balaban J connectivity index is 2.44. The summed E-state index contributed by atoms with van der Waals surface area (Å²) in [6.45, 7) is 5.61. The molecule has 9 heteroatoms. The van der Waals surface area contributed by atoms with Crippen molar-refractivity contribution < 1.29 is 34.1 Å². The second kappa shape index (κ2) is 29.4. The topological polar surface area (TPSA) is 134 Å². The summed E-state index contributed by atoms with van der Waals surface area (Å²) in [6.07, 6.45) is 37.3. The van der Waals surface area contributed by atoms with Gasteiger partial charge >= 0.3 is 11.9 Å². The Morgan fingerprint density at radius 2 is 1.24 bits per heavy atom. The molecular formula is C42H62N2O7. The summed E-state index contributed by atoms with van der Waals surface area (Å²) in [5.74, 6) is -1.93. The molecule has 0 bridgehead atoms. The molecule has 0 radical (unpaired) electrons. The van der Waals surface area contributed by atoms with Crippen molar-refractivity contribution in [1.82, 2.24) is 10.9 Å². The van der Waals surface area contributed by atoms with E-state index in [0.29, 0.717) is 18.4 Å². The van der Waals surface area contributed by atoms with Gasteiger partial charge in [-0.2, -0.15) is 0 Å². The van der Waals surface area contributed by atoms with Gasteiger partial charge in [-0.15, -0.1) is 0 Å². The number of nitrogens with one attached hydrogen (secondary N) is 2. The molecule has 0 aliphatic heterocycles. The van der Waals surface area contributed by atoms with E-state index in [2.05, 4.69) is 85.5 Å². The van der Waals surface area contributed by atoms with Crippen molar-refractivity contribution in [3.05, 3.63) is 96.7 Å². The lowest BCUT2D eigenvalue weighted by atomic mass is 9.93. The SMILES string of the molecule is CC/C=C\C/C=C\C/C=C\C/C=C\C/C=C\C/C=C\CCC(=O)NNC(C)(Cc1ccc(O)c(O)c1)C(=O)OCCOC(=O)CCCCCCC. The smallest absolute Gasteiger partial charge is 0.328 e. The minimum absolute atomic E-state index is 0.0324. The molecule has 1 atom stereocenters. The number of rotatable bonds is 28. The first-order valence-electron chi connectivity index (χ1n) is 18.5. The van der Waals surface area contributed by atoms with Gasteiger partial charge in [0.25, 0.3) is 0 Å². The monoisotopic (exact) mass is 706 g/mol. The number of benzene rings is 1. The Bertz CT molecular complexity index is 1310. The molecule has 0 heterocycles. The van der Waals surface area contributed by atoms with Gasteiger partial charge in [-0.25, -0.2) is 10.2 Å². The van der Waals surface area contributed by atoms with Gasteiger partial charge in [0.1, 0.15) is 18.8 Å². The number of allylic oxidation sites excluding steroid dienone is 12. The molecule has 1 unspecified atom stereocenters. The van der Waals surface area contributed by atoms with E-state index in [0.717, 1.165) is 70.6 Å². The van der Waals surface area contributed by atoms with Gasteiger partial charge in [-0.1, -0.05) is 119 Å². The van der Waals surface area contributed by atoms with E-state index in [1.165, 1.54) is 12.1 Å². The third kappa shape index (κ3) is 23.6. The maximum atomic E-state index is 13.2. The summed E-state index contributed by atoms with van der Waals surface area (Å²) >= 11 is 0. The van der Waals surface area contributed by atoms with E-state index in [9.17, 15) is 24.6 Å². The molecule has 1 aromatic rings. The van der Waals surface area contributed by atoms with Gasteiger partial charge in [-0.05, 0) is 76.0 Å². The average Bonchev–Trinajstić information content (AvgIpc) is 3.11. The molecule has 0 fully saturated rings. The number of unbranched alkanes of at least 4 members (excludes halogenated alkanes) is 4. The van der Waals surface area contributed by atoms with Crippen molar-refractivity contribution in [2.75, 3.05) is 13.2 Å².